The maximum atomic E-state index is 14.0. The molecule has 1 aliphatic carbocycles. The fourth-order valence-corrected chi connectivity index (χ4v) is 17.3. The maximum Gasteiger partial charge on any atom is 0.308 e. The largest absolute Gasteiger partial charge is 0.426 e. The van der Waals surface area contributed by atoms with Gasteiger partial charge in [0.15, 0.2) is 0 Å². The second kappa shape index (κ2) is 41.7. The highest BCUT2D eigenvalue weighted by atomic mass is 16.6. The molecule has 16 bridgehead atoms. The summed E-state index contributed by atoms with van der Waals surface area (Å²) in [5, 5.41) is 0. The lowest BCUT2D eigenvalue weighted by Gasteiger charge is -2.24. The number of carbonyl (C=O) groups is 8. The molecule has 0 atom stereocenters. The Hall–Kier alpha value is -10.5. The van der Waals surface area contributed by atoms with Gasteiger partial charge >= 0.3 is 47.8 Å². The van der Waals surface area contributed by atoms with Gasteiger partial charge in [-0.1, -0.05) is 208 Å². The average Bonchev–Trinajstić information content (AvgIpc) is 0.776. The quantitative estimate of drug-likeness (QED) is 0.0407. The molecule has 120 heavy (non-hydrogen) atoms. The number of rotatable bonds is 24. The number of benzene rings is 8. The van der Waals surface area contributed by atoms with Crippen molar-refractivity contribution in [1.29, 1.82) is 0 Å². The van der Waals surface area contributed by atoms with E-state index in [1.54, 1.807) is 0 Å². The number of ether oxygens (including phenoxy) is 8. The highest BCUT2D eigenvalue weighted by Gasteiger charge is 2.31. The average molecular weight is 1630 g/mol. The van der Waals surface area contributed by atoms with Crippen LogP contribution in [-0.4, -0.2) is 47.8 Å². The summed E-state index contributed by atoms with van der Waals surface area (Å²) in [6.45, 7) is 45.2. The van der Waals surface area contributed by atoms with E-state index in [9.17, 15) is 38.4 Å². The Morgan fingerprint density at radius 2 is 0.250 bits per heavy atom. The van der Waals surface area contributed by atoms with Crippen LogP contribution >= 0.6 is 0 Å². The topological polar surface area (TPSA) is 210 Å². The van der Waals surface area contributed by atoms with Crippen molar-refractivity contribution in [1.82, 2.24) is 0 Å². The zero-order valence-corrected chi connectivity index (χ0v) is 75.7. The van der Waals surface area contributed by atoms with Gasteiger partial charge in [-0.15, -0.1) is 0 Å². The van der Waals surface area contributed by atoms with Gasteiger partial charge in [0.05, 0.1) is 0 Å². The minimum atomic E-state index is -0.573. The highest BCUT2D eigenvalue weighted by molar-refractivity contribution is 5.78. The zero-order valence-electron chi connectivity index (χ0n) is 75.7. The summed E-state index contributed by atoms with van der Waals surface area (Å²) >= 11 is 0. The molecule has 0 fully saturated rings. The summed E-state index contributed by atoms with van der Waals surface area (Å²) in [5.41, 5.74) is 17.7. The molecular formula is C104H128O16. The third-order valence-electron chi connectivity index (χ3n) is 20.6. The Kier molecular flexibility index (Phi) is 32.4. The van der Waals surface area contributed by atoms with Gasteiger partial charge in [0, 0.05) is 107 Å². The molecule has 16 nitrogen and oxygen atoms in total. The maximum absolute atomic E-state index is 14.0. The highest BCUT2D eigenvalue weighted by Crippen LogP contribution is 2.46. The molecule has 8 aromatic rings. The Morgan fingerprint density at radius 1 is 0.175 bits per heavy atom. The van der Waals surface area contributed by atoms with Crippen LogP contribution in [0.1, 0.15) is 300 Å². The first-order valence-electron chi connectivity index (χ1n) is 43.1. The number of hydrogen-bond donors (Lipinski definition) is 0. The Balaban J connectivity index is 1.50. The first-order valence-corrected chi connectivity index (χ1v) is 43.1. The molecule has 1 aliphatic rings. The second-order valence-electron chi connectivity index (χ2n) is 36.9. The van der Waals surface area contributed by atoms with Crippen molar-refractivity contribution >= 4 is 47.8 Å². The van der Waals surface area contributed by atoms with E-state index < -0.39 is 47.8 Å². The molecule has 0 saturated heterocycles. The summed E-state index contributed by atoms with van der Waals surface area (Å²) in [5.74, 6) is -0.991. The third-order valence-corrected chi connectivity index (χ3v) is 20.6. The van der Waals surface area contributed by atoms with Crippen molar-refractivity contribution in [3.63, 3.8) is 0 Å². The van der Waals surface area contributed by atoms with Gasteiger partial charge in [0.1, 0.15) is 46.0 Å². The van der Waals surface area contributed by atoms with Crippen LogP contribution in [0.25, 0.3) is 0 Å². The first kappa shape index (κ1) is 93.4. The van der Waals surface area contributed by atoms with Gasteiger partial charge in [-0.25, -0.2) is 0 Å². The summed E-state index contributed by atoms with van der Waals surface area (Å²) in [6.07, 6.45) is 5.79. The van der Waals surface area contributed by atoms with E-state index in [-0.39, 0.29) is 145 Å². The second-order valence-corrected chi connectivity index (χ2v) is 36.9. The molecule has 0 N–H and O–H groups in total. The van der Waals surface area contributed by atoms with Gasteiger partial charge in [0.25, 0.3) is 0 Å². The van der Waals surface area contributed by atoms with E-state index in [1.807, 2.05) is 0 Å². The minimum absolute atomic E-state index is 0.105. The molecule has 8 aromatic carbocycles. The van der Waals surface area contributed by atoms with E-state index in [2.05, 4.69) is 208 Å². The molecule has 9 rings (SSSR count). The molecule has 640 valence electrons. The Morgan fingerprint density at radius 3 is 0.308 bits per heavy atom. The molecule has 0 amide bonds. The van der Waals surface area contributed by atoms with E-state index in [1.165, 1.54) is 55.4 Å². The fraction of sp³-hybridized carbons (Fsp3) is 0.462. The summed E-state index contributed by atoms with van der Waals surface area (Å²) in [4.78, 5) is 112. The lowest BCUT2D eigenvalue weighted by atomic mass is 9.86. The number of esters is 8. The van der Waals surface area contributed by atoms with Crippen LogP contribution < -0.4 is 37.9 Å². The molecule has 0 aromatic heterocycles. The number of hydrogen-bond acceptors (Lipinski definition) is 16. The van der Waals surface area contributed by atoms with Crippen molar-refractivity contribution in [3.8, 4) is 46.0 Å². The van der Waals surface area contributed by atoms with E-state index in [0.29, 0.717) is 140 Å². The molecular weight excluding hydrogens is 1510 g/mol. The predicted octanol–water partition coefficient (Wildman–Crippen LogP) is 21.7. The summed E-state index contributed by atoms with van der Waals surface area (Å²) in [6, 6.07) is 33.0. The standard InChI is InChI=1S/C104H128O16/c1-57(2)25-73-33-81-49-83-35-74(26-58(3)4)37-85(98(83)114-66(18)106)51-87-39-76(28-60(7)8)41-89(100(87)116-68(20)108)53-91-43-78(30-62(11)12)45-93(102(91)118-70(22)110)55-95-47-80(32-64(15)16)48-96(104(95)120-72(24)112)56-94-46-79(31-63(13)14)44-92(103(94)119-71(23)111)54-90-42-77(29-61(9)10)40-88(101(90)117-69(21)109)52-86-38-75(27-59(5)6)36-84(99(86)115-67(19)107)50-82(34-73)97(81)113-65(17)105/h33-48,57-64H,25-32,49-56H2,1-24H3. The van der Waals surface area contributed by atoms with Gasteiger partial charge in [-0.2, -0.15) is 0 Å². The third kappa shape index (κ3) is 26.8. The monoisotopic (exact) mass is 1630 g/mol. The lowest BCUT2D eigenvalue weighted by molar-refractivity contribution is -0.133. The van der Waals surface area contributed by atoms with Crippen LogP contribution in [0.3, 0.4) is 0 Å². The molecule has 0 spiro atoms. The molecule has 16 heteroatoms. The van der Waals surface area contributed by atoms with Crippen molar-refractivity contribution in [2.45, 2.75) is 269 Å². The van der Waals surface area contributed by atoms with Gasteiger partial charge in [-0.05, 0) is 232 Å². The van der Waals surface area contributed by atoms with Gasteiger partial charge in [0.2, 0.25) is 0 Å². The predicted molar refractivity (Wildman–Crippen MR) is 473 cm³/mol. The zero-order chi connectivity index (χ0) is 88.0. The van der Waals surface area contributed by atoms with Gasteiger partial charge in [-0.3, -0.25) is 38.4 Å². The van der Waals surface area contributed by atoms with Crippen molar-refractivity contribution in [2.24, 2.45) is 47.3 Å². The van der Waals surface area contributed by atoms with Crippen LogP contribution in [0.2, 0.25) is 0 Å². The van der Waals surface area contributed by atoms with Crippen LogP contribution in [0.4, 0.5) is 0 Å². The Bertz CT molecular complexity index is 4010. The van der Waals surface area contributed by atoms with Crippen LogP contribution in [0.5, 0.6) is 46.0 Å². The Labute approximate surface area is 712 Å². The lowest BCUT2D eigenvalue weighted by Crippen LogP contribution is -2.14. The molecule has 0 radical (unpaired) electrons. The smallest absolute Gasteiger partial charge is 0.308 e. The van der Waals surface area contributed by atoms with Crippen LogP contribution in [0.15, 0.2) is 97.1 Å². The van der Waals surface area contributed by atoms with Crippen molar-refractivity contribution < 1.29 is 76.3 Å². The SMILES string of the molecule is CC(=O)Oc1c2cc(CC(C)C)cc1Cc1cc(CC(C)C)cc(c1OC(C)=O)Cc1cc(CC(C)C)cc(c1OC(C)=O)Cc1cc(CC(C)C)cc(c1OC(C)=O)Cc1cc(CC(C)C)cc(c1OC(C)=O)Cc1cc(CC(C)C)cc(c1OC(C)=O)Cc1cc(CC(C)C)cc(c1OC(C)=O)Cc1cc(CC(C)C)cc(c1OC(C)=O)C2. The van der Waals surface area contributed by atoms with Crippen molar-refractivity contribution in [3.05, 3.63) is 231 Å². The molecule has 0 heterocycles. The van der Waals surface area contributed by atoms with Crippen LogP contribution in [0, 0.1) is 47.3 Å². The normalized spacial score (nSPS) is 12.5. The van der Waals surface area contributed by atoms with E-state index >= 15 is 0 Å². The molecule has 0 saturated carbocycles. The minimum Gasteiger partial charge on any atom is -0.426 e. The van der Waals surface area contributed by atoms with E-state index in [0.717, 1.165) is 44.5 Å². The molecule has 0 unspecified atom stereocenters. The first-order chi connectivity index (χ1) is 56.5. The van der Waals surface area contributed by atoms with Crippen molar-refractivity contribution in [2.75, 3.05) is 0 Å². The van der Waals surface area contributed by atoms with E-state index in [4.69, 9.17) is 37.9 Å². The summed E-state index contributed by atoms with van der Waals surface area (Å²) < 4.78 is 52.4. The number of fused-ring (bicyclic) bond motifs is 16. The van der Waals surface area contributed by atoms with Crippen LogP contribution in [-0.2, 0) is 141 Å². The fourth-order valence-electron chi connectivity index (χ4n) is 17.3. The summed E-state index contributed by atoms with van der Waals surface area (Å²) in [7, 11) is 0. The molecule has 0 aliphatic heterocycles. The number of carbonyl (C=O) groups excluding carboxylic acids is 8. The van der Waals surface area contributed by atoms with Gasteiger partial charge < -0.3 is 37.9 Å².